The quantitative estimate of drug-likeness (QED) is 0.499. The highest BCUT2D eigenvalue weighted by atomic mass is 16.2. The molecule has 1 atom stereocenters. The van der Waals surface area contributed by atoms with Crippen LogP contribution in [-0.4, -0.2) is 17.7 Å². The number of nitrogens with one attached hydrogen (secondary N) is 1. The van der Waals surface area contributed by atoms with Crippen LogP contribution in [0.25, 0.3) is 6.08 Å². The fourth-order valence-electron chi connectivity index (χ4n) is 4.92. The molecule has 34 heavy (non-hydrogen) atoms. The molecule has 170 valence electrons. The molecule has 0 saturated carbocycles. The van der Waals surface area contributed by atoms with E-state index in [4.69, 9.17) is 0 Å². The molecule has 0 aromatic heterocycles. The van der Waals surface area contributed by atoms with Gasteiger partial charge in [-0.2, -0.15) is 0 Å². The third-order valence-electron chi connectivity index (χ3n) is 6.45. The molecule has 1 amide bonds. The van der Waals surface area contributed by atoms with E-state index in [1.807, 2.05) is 97.1 Å². The van der Waals surface area contributed by atoms with Crippen LogP contribution < -0.4 is 10.2 Å². The van der Waals surface area contributed by atoms with Crippen LogP contribution in [0.2, 0.25) is 0 Å². The summed E-state index contributed by atoms with van der Waals surface area (Å²) >= 11 is 0. The Morgan fingerprint density at radius 2 is 1.56 bits per heavy atom. The molecule has 1 heterocycles. The molecule has 2 aliphatic rings. The largest absolute Gasteiger partial charge is 0.357 e. The summed E-state index contributed by atoms with van der Waals surface area (Å²) in [5.74, 6) is -0.0518. The van der Waals surface area contributed by atoms with Crippen LogP contribution in [0.5, 0.6) is 0 Å². The van der Waals surface area contributed by atoms with Gasteiger partial charge in [-0.05, 0) is 41.7 Å². The van der Waals surface area contributed by atoms with E-state index in [1.54, 1.807) is 4.90 Å². The van der Waals surface area contributed by atoms with Gasteiger partial charge in [-0.25, -0.2) is 0 Å². The zero-order valence-electron chi connectivity index (χ0n) is 19.5. The minimum atomic E-state index is -0.525. The first-order valence-corrected chi connectivity index (χ1v) is 11.7. The van der Waals surface area contributed by atoms with E-state index in [0.717, 1.165) is 29.1 Å². The van der Waals surface area contributed by atoms with Crippen molar-refractivity contribution in [2.75, 3.05) is 10.2 Å². The number of fused-ring (bicyclic) bond motifs is 1. The van der Waals surface area contributed by atoms with E-state index in [9.17, 15) is 9.59 Å². The molecular formula is C30H28N2O2. The van der Waals surface area contributed by atoms with Crippen molar-refractivity contribution < 1.29 is 9.59 Å². The third-order valence-corrected chi connectivity index (χ3v) is 6.45. The van der Waals surface area contributed by atoms with Gasteiger partial charge in [0.05, 0.1) is 17.4 Å². The summed E-state index contributed by atoms with van der Waals surface area (Å²) in [4.78, 5) is 29.4. The lowest BCUT2D eigenvalue weighted by molar-refractivity contribution is -0.118. The van der Waals surface area contributed by atoms with E-state index in [-0.39, 0.29) is 17.1 Å². The molecule has 1 aliphatic carbocycles. The van der Waals surface area contributed by atoms with Gasteiger partial charge < -0.3 is 5.32 Å². The number of benzene rings is 3. The second kappa shape index (κ2) is 8.79. The van der Waals surface area contributed by atoms with E-state index >= 15 is 0 Å². The summed E-state index contributed by atoms with van der Waals surface area (Å²) in [6.07, 6.45) is 5.19. The van der Waals surface area contributed by atoms with Crippen LogP contribution in [0, 0.1) is 5.41 Å². The molecule has 0 spiro atoms. The number of allylic oxidation sites excluding steroid dienone is 1. The highest BCUT2D eigenvalue weighted by molar-refractivity contribution is 6.12. The number of para-hydroxylation sites is 2. The van der Waals surface area contributed by atoms with Crippen LogP contribution >= 0.6 is 0 Å². The predicted molar refractivity (Wildman–Crippen MR) is 138 cm³/mol. The zero-order valence-corrected chi connectivity index (χ0v) is 19.5. The van der Waals surface area contributed by atoms with Gasteiger partial charge in [-0.1, -0.05) is 86.7 Å². The maximum Gasteiger partial charge on any atom is 0.259 e. The zero-order chi connectivity index (χ0) is 23.7. The van der Waals surface area contributed by atoms with Crippen LogP contribution in [0.4, 0.5) is 11.4 Å². The molecule has 1 aliphatic heterocycles. The van der Waals surface area contributed by atoms with Crippen molar-refractivity contribution in [3.63, 3.8) is 0 Å². The van der Waals surface area contributed by atoms with Crippen LogP contribution in [0.15, 0.2) is 102 Å². The summed E-state index contributed by atoms with van der Waals surface area (Å²) in [5, 5.41) is 3.54. The fraction of sp³-hybridized carbons (Fsp3) is 0.200. The average Bonchev–Trinajstić information content (AvgIpc) is 2.96. The highest BCUT2D eigenvalue weighted by Gasteiger charge is 2.41. The summed E-state index contributed by atoms with van der Waals surface area (Å²) in [6, 6.07) is 26.5. The van der Waals surface area contributed by atoms with Gasteiger partial charge in [0.2, 0.25) is 0 Å². The number of nitrogens with zero attached hydrogens (tertiary/aromatic N) is 1. The van der Waals surface area contributed by atoms with E-state index < -0.39 is 6.04 Å². The van der Waals surface area contributed by atoms with Crippen molar-refractivity contribution in [2.24, 2.45) is 5.41 Å². The van der Waals surface area contributed by atoms with E-state index in [0.29, 0.717) is 17.6 Å². The van der Waals surface area contributed by atoms with Crippen molar-refractivity contribution in [3.8, 4) is 0 Å². The maximum atomic E-state index is 14.0. The lowest BCUT2D eigenvalue weighted by Gasteiger charge is -2.35. The number of carbonyl (C=O) groups excluding carboxylic acids is 2. The topological polar surface area (TPSA) is 49.4 Å². The summed E-state index contributed by atoms with van der Waals surface area (Å²) in [7, 11) is 0. The Balaban J connectivity index is 1.72. The molecule has 0 fully saturated rings. The molecule has 3 aromatic rings. The molecule has 0 unspecified atom stereocenters. The van der Waals surface area contributed by atoms with Crippen LogP contribution in [0.3, 0.4) is 0 Å². The number of hydrogen-bond donors (Lipinski definition) is 1. The molecule has 0 bridgehead atoms. The number of hydrogen-bond acceptors (Lipinski definition) is 3. The highest BCUT2D eigenvalue weighted by Crippen LogP contribution is 2.44. The van der Waals surface area contributed by atoms with Gasteiger partial charge in [-0.15, -0.1) is 0 Å². The first-order chi connectivity index (χ1) is 16.4. The molecule has 1 N–H and O–H groups in total. The van der Waals surface area contributed by atoms with Gasteiger partial charge in [0.15, 0.2) is 5.78 Å². The smallest absolute Gasteiger partial charge is 0.259 e. The minimum absolute atomic E-state index is 0.0835. The summed E-state index contributed by atoms with van der Waals surface area (Å²) in [6.45, 7) is 4.24. The van der Waals surface area contributed by atoms with Crippen molar-refractivity contribution in [2.45, 2.75) is 32.7 Å². The van der Waals surface area contributed by atoms with E-state index in [1.165, 1.54) is 0 Å². The Bertz CT molecular complexity index is 1290. The predicted octanol–water partition coefficient (Wildman–Crippen LogP) is 6.48. The Kier molecular flexibility index (Phi) is 5.66. The number of rotatable bonds is 3. The number of Topliss-reactive ketones (excluding diaryl/α,β-unsaturated/α-hetero) is 1. The molecule has 4 heteroatoms. The second-order valence-corrected chi connectivity index (χ2v) is 9.73. The summed E-state index contributed by atoms with van der Waals surface area (Å²) < 4.78 is 0. The van der Waals surface area contributed by atoms with Gasteiger partial charge >= 0.3 is 0 Å². The minimum Gasteiger partial charge on any atom is -0.357 e. The number of carbonyl (C=O) groups is 2. The van der Waals surface area contributed by atoms with Gasteiger partial charge in [0.25, 0.3) is 5.91 Å². The Hall–Kier alpha value is -3.92. The SMILES string of the molecule is CC1(C)CC(=O)C2=C(C1)Nc1ccccc1N(C(=O)c1ccccc1)[C@H]2/C=C\c1ccccc1. The average molecular weight is 449 g/mol. The van der Waals surface area contributed by atoms with Crippen molar-refractivity contribution in [1.82, 2.24) is 0 Å². The lowest BCUT2D eigenvalue weighted by atomic mass is 9.74. The van der Waals surface area contributed by atoms with Gasteiger partial charge in [0.1, 0.15) is 0 Å². The van der Waals surface area contributed by atoms with Gasteiger partial charge in [0, 0.05) is 23.3 Å². The van der Waals surface area contributed by atoms with Crippen LogP contribution in [-0.2, 0) is 4.79 Å². The van der Waals surface area contributed by atoms with Crippen LogP contribution in [0.1, 0.15) is 42.6 Å². The molecule has 3 aromatic carbocycles. The standard InChI is InChI=1S/C30H28N2O2/c1-30(2)19-24-28(27(33)20-30)26(18-17-21-11-5-3-6-12-21)32(25-16-10-9-15-23(25)31-24)29(34)22-13-7-4-8-14-22/h3-18,26,31H,19-20H2,1-2H3/b18-17-/t26-/m0/s1. The first kappa shape index (κ1) is 21.9. The number of anilines is 2. The lowest BCUT2D eigenvalue weighted by Crippen LogP contribution is -2.44. The van der Waals surface area contributed by atoms with Crippen molar-refractivity contribution >= 4 is 29.1 Å². The maximum absolute atomic E-state index is 14.0. The molecule has 5 rings (SSSR count). The Morgan fingerprint density at radius 3 is 2.29 bits per heavy atom. The Morgan fingerprint density at radius 1 is 0.912 bits per heavy atom. The molecular weight excluding hydrogens is 420 g/mol. The third kappa shape index (κ3) is 4.19. The Labute approximate surface area is 200 Å². The number of ketones is 1. The number of amides is 1. The van der Waals surface area contributed by atoms with Crippen molar-refractivity contribution in [1.29, 1.82) is 0 Å². The molecule has 4 nitrogen and oxygen atoms in total. The van der Waals surface area contributed by atoms with Gasteiger partial charge in [-0.3, -0.25) is 14.5 Å². The monoisotopic (exact) mass is 448 g/mol. The van der Waals surface area contributed by atoms with Crippen molar-refractivity contribution in [3.05, 3.63) is 113 Å². The second-order valence-electron chi connectivity index (χ2n) is 9.73. The van der Waals surface area contributed by atoms with E-state index in [2.05, 4.69) is 19.2 Å². The fourth-order valence-corrected chi connectivity index (χ4v) is 4.92. The normalized spacial score (nSPS) is 19.3. The molecule has 0 saturated heterocycles. The molecule has 0 radical (unpaired) electrons. The summed E-state index contributed by atoms with van der Waals surface area (Å²) in [5.41, 5.74) is 4.63. The first-order valence-electron chi connectivity index (χ1n) is 11.7.